The number of nitrogens with one attached hydrogen (secondary N) is 2. The summed E-state index contributed by atoms with van der Waals surface area (Å²) < 4.78 is 29.8. The number of nitrogens with zero attached hydrogens (tertiary/aromatic N) is 1. The molecule has 0 fully saturated rings. The zero-order valence-electron chi connectivity index (χ0n) is 13.3. The van der Waals surface area contributed by atoms with Crippen molar-refractivity contribution in [3.63, 3.8) is 0 Å². The van der Waals surface area contributed by atoms with Crippen LogP contribution in [0, 0.1) is 0 Å². The maximum Gasteiger partial charge on any atom is 0.305 e. The van der Waals surface area contributed by atoms with Gasteiger partial charge in [0.05, 0.1) is 12.0 Å². The van der Waals surface area contributed by atoms with E-state index in [1.807, 2.05) is 0 Å². The number of thiocarbonyl (C=S) groups is 1. The normalized spacial score (nSPS) is 11.1. The van der Waals surface area contributed by atoms with Gasteiger partial charge in [0.2, 0.25) is 10.0 Å². The van der Waals surface area contributed by atoms with Crippen molar-refractivity contribution in [2.24, 2.45) is 0 Å². The van der Waals surface area contributed by atoms with Crippen LogP contribution in [0.15, 0.2) is 29.2 Å². The molecule has 0 radical (unpaired) electrons. The molecular weight excluding hydrogens is 338 g/mol. The topological polar surface area (TPSA) is 87.7 Å². The molecule has 9 heteroatoms. The van der Waals surface area contributed by atoms with E-state index in [0.717, 1.165) is 4.31 Å². The van der Waals surface area contributed by atoms with Crippen molar-refractivity contribution in [2.45, 2.75) is 17.7 Å². The lowest BCUT2D eigenvalue weighted by Crippen LogP contribution is -2.29. The third-order valence-corrected chi connectivity index (χ3v) is 5.00. The van der Waals surface area contributed by atoms with E-state index in [1.165, 1.54) is 33.3 Å². The molecule has 2 N–H and O–H groups in total. The third kappa shape index (κ3) is 6.12. The Balaban J connectivity index is 2.58. The molecule has 128 valence electrons. The smallest absolute Gasteiger partial charge is 0.305 e. The van der Waals surface area contributed by atoms with E-state index in [0.29, 0.717) is 30.2 Å². The third-order valence-electron chi connectivity index (χ3n) is 2.94. The first-order valence-electron chi connectivity index (χ1n) is 6.91. The molecule has 1 aromatic rings. The molecule has 0 bridgehead atoms. The highest BCUT2D eigenvalue weighted by atomic mass is 32.2. The number of carbonyl (C=O) groups excluding carboxylic acids is 1. The lowest BCUT2D eigenvalue weighted by Gasteiger charge is -2.14. The van der Waals surface area contributed by atoms with Crippen molar-refractivity contribution in [3.05, 3.63) is 24.3 Å². The Kier molecular flexibility index (Phi) is 7.40. The van der Waals surface area contributed by atoms with Gasteiger partial charge in [-0.25, -0.2) is 12.7 Å². The highest BCUT2D eigenvalue weighted by Crippen LogP contribution is 2.17. The van der Waals surface area contributed by atoms with E-state index in [-0.39, 0.29) is 10.9 Å². The van der Waals surface area contributed by atoms with Crippen LogP contribution < -0.4 is 10.6 Å². The van der Waals surface area contributed by atoms with Gasteiger partial charge in [-0.1, -0.05) is 6.07 Å². The van der Waals surface area contributed by atoms with Gasteiger partial charge < -0.3 is 15.4 Å². The van der Waals surface area contributed by atoms with Gasteiger partial charge >= 0.3 is 5.97 Å². The molecule has 23 heavy (non-hydrogen) atoms. The number of rotatable bonds is 7. The van der Waals surface area contributed by atoms with Crippen molar-refractivity contribution in [3.8, 4) is 0 Å². The van der Waals surface area contributed by atoms with Gasteiger partial charge in [-0.15, -0.1) is 0 Å². The maximum absolute atomic E-state index is 12.1. The lowest BCUT2D eigenvalue weighted by atomic mass is 10.3. The van der Waals surface area contributed by atoms with E-state index in [2.05, 4.69) is 15.4 Å². The van der Waals surface area contributed by atoms with E-state index < -0.39 is 10.0 Å². The van der Waals surface area contributed by atoms with Gasteiger partial charge in [-0.2, -0.15) is 0 Å². The summed E-state index contributed by atoms with van der Waals surface area (Å²) in [5, 5.41) is 6.22. The van der Waals surface area contributed by atoms with E-state index >= 15 is 0 Å². The average Bonchev–Trinajstić information content (AvgIpc) is 2.51. The number of methoxy groups -OCH3 is 1. The largest absolute Gasteiger partial charge is 0.469 e. The minimum absolute atomic E-state index is 0.181. The first-order valence-corrected chi connectivity index (χ1v) is 8.76. The van der Waals surface area contributed by atoms with Crippen LogP contribution in [0.1, 0.15) is 12.8 Å². The van der Waals surface area contributed by atoms with Crippen LogP contribution in [0.2, 0.25) is 0 Å². The molecule has 0 unspecified atom stereocenters. The van der Waals surface area contributed by atoms with Crippen molar-refractivity contribution < 1.29 is 17.9 Å². The highest BCUT2D eigenvalue weighted by molar-refractivity contribution is 7.89. The summed E-state index contributed by atoms with van der Waals surface area (Å²) in [6.07, 6.45) is 0.895. The van der Waals surface area contributed by atoms with Crippen molar-refractivity contribution in [2.75, 3.05) is 33.1 Å². The van der Waals surface area contributed by atoms with Crippen LogP contribution in [-0.2, 0) is 19.6 Å². The molecule has 0 aliphatic heterocycles. The van der Waals surface area contributed by atoms with Crippen LogP contribution in [0.5, 0.6) is 0 Å². The molecule has 0 atom stereocenters. The van der Waals surface area contributed by atoms with E-state index in [1.54, 1.807) is 12.1 Å². The highest BCUT2D eigenvalue weighted by Gasteiger charge is 2.17. The van der Waals surface area contributed by atoms with Crippen LogP contribution in [-0.4, -0.2) is 51.6 Å². The summed E-state index contributed by atoms with van der Waals surface area (Å²) in [4.78, 5) is 11.2. The number of hydrogen-bond donors (Lipinski definition) is 2. The van der Waals surface area contributed by atoms with Crippen LogP contribution in [0.4, 0.5) is 5.69 Å². The number of benzene rings is 1. The van der Waals surface area contributed by atoms with Crippen LogP contribution in [0.3, 0.4) is 0 Å². The summed E-state index contributed by atoms with van der Waals surface area (Å²) >= 11 is 5.13. The standard InChI is InChI=1S/C14H21N3O4S2/c1-17(2)23(19,20)12-7-4-6-11(10-12)16-14(22)15-9-5-8-13(18)21-3/h4,6-7,10H,5,8-9H2,1-3H3,(H2,15,16,22). The van der Waals surface area contributed by atoms with Crippen LogP contribution >= 0.6 is 12.2 Å². The van der Waals surface area contributed by atoms with Gasteiger partial charge in [0.15, 0.2) is 5.11 Å². The minimum atomic E-state index is -3.49. The number of esters is 1. The molecule has 1 aromatic carbocycles. The Morgan fingerprint density at radius 2 is 2.04 bits per heavy atom. The zero-order valence-corrected chi connectivity index (χ0v) is 15.0. The fraction of sp³-hybridized carbons (Fsp3) is 0.429. The monoisotopic (exact) mass is 359 g/mol. The van der Waals surface area contributed by atoms with Gasteiger partial charge in [-0.3, -0.25) is 4.79 Å². The fourth-order valence-electron chi connectivity index (χ4n) is 1.66. The Morgan fingerprint density at radius 3 is 2.65 bits per heavy atom. The first kappa shape index (κ1) is 19.3. The minimum Gasteiger partial charge on any atom is -0.469 e. The van der Waals surface area contributed by atoms with Crippen LogP contribution in [0.25, 0.3) is 0 Å². The molecule has 0 aliphatic rings. The first-order chi connectivity index (χ1) is 10.8. The number of anilines is 1. The fourth-order valence-corrected chi connectivity index (χ4v) is 2.83. The second kappa shape index (κ2) is 8.80. The molecule has 0 aliphatic carbocycles. The molecule has 0 saturated heterocycles. The maximum atomic E-state index is 12.1. The van der Waals surface area contributed by atoms with Gasteiger partial charge in [0, 0.05) is 32.7 Å². The SMILES string of the molecule is COC(=O)CCCNC(=S)Nc1cccc(S(=O)(=O)N(C)C)c1. The number of carbonyl (C=O) groups is 1. The number of sulfonamides is 1. The summed E-state index contributed by atoms with van der Waals surface area (Å²) in [7, 11) is 0.804. The zero-order chi connectivity index (χ0) is 17.5. The van der Waals surface area contributed by atoms with Crippen molar-refractivity contribution in [1.29, 1.82) is 0 Å². The summed E-state index contributed by atoms with van der Waals surface area (Å²) in [5.41, 5.74) is 0.568. The summed E-state index contributed by atoms with van der Waals surface area (Å²) in [6, 6.07) is 6.39. The second-order valence-corrected chi connectivity index (χ2v) is 7.44. The van der Waals surface area contributed by atoms with Gasteiger partial charge in [0.1, 0.15) is 0 Å². The molecule has 0 spiro atoms. The summed E-state index contributed by atoms with van der Waals surface area (Å²) in [6.45, 7) is 0.511. The van der Waals surface area contributed by atoms with E-state index in [4.69, 9.17) is 12.2 Å². The lowest BCUT2D eigenvalue weighted by molar-refractivity contribution is -0.140. The van der Waals surface area contributed by atoms with Gasteiger partial charge in [0.25, 0.3) is 0 Å². The average molecular weight is 359 g/mol. The molecular formula is C14H21N3O4S2. The molecule has 0 aromatic heterocycles. The second-order valence-electron chi connectivity index (χ2n) is 4.88. The summed E-state index contributed by atoms with van der Waals surface area (Å²) in [5.74, 6) is -0.271. The predicted octanol–water partition coefficient (Wildman–Crippen LogP) is 1.18. The molecule has 0 amide bonds. The Labute approximate surface area is 142 Å². The Bertz CT molecular complexity index is 660. The van der Waals surface area contributed by atoms with Crippen molar-refractivity contribution in [1.82, 2.24) is 9.62 Å². The predicted molar refractivity (Wildman–Crippen MR) is 92.8 cm³/mol. The molecule has 0 saturated carbocycles. The quantitative estimate of drug-likeness (QED) is 0.429. The number of ether oxygens (including phenoxy) is 1. The van der Waals surface area contributed by atoms with E-state index in [9.17, 15) is 13.2 Å². The van der Waals surface area contributed by atoms with Crippen molar-refractivity contribution >= 4 is 39.0 Å². The molecule has 0 heterocycles. The molecule has 1 rings (SSSR count). The Hall–Kier alpha value is -1.71. The van der Waals surface area contributed by atoms with Gasteiger partial charge in [-0.05, 0) is 36.8 Å². The Morgan fingerprint density at radius 1 is 1.35 bits per heavy atom. The number of hydrogen-bond acceptors (Lipinski definition) is 5. The molecule has 7 nitrogen and oxygen atoms in total.